The highest BCUT2D eigenvalue weighted by Crippen LogP contribution is 2.26. The van der Waals surface area contributed by atoms with Crippen molar-refractivity contribution in [3.05, 3.63) is 77.9 Å². The lowest BCUT2D eigenvalue weighted by molar-refractivity contribution is 0.157. The van der Waals surface area contributed by atoms with E-state index in [1.54, 1.807) is 0 Å². The number of aliphatic hydroxyl groups is 1. The summed E-state index contributed by atoms with van der Waals surface area (Å²) >= 11 is 0. The van der Waals surface area contributed by atoms with Crippen LogP contribution >= 0.6 is 0 Å². The molecule has 4 aromatic rings. The topological polar surface area (TPSA) is 53.9 Å². The quantitative estimate of drug-likeness (QED) is 0.598. The van der Waals surface area contributed by atoms with Gasteiger partial charge < -0.3 is 14.2 Å². The lowest BCUT2D eigenvalue weighted by Crippen LogP contribution is -2.25. The summed E-state index contributed by atoms with van der Waals surface area (Å²) in [5.41, 5.74) is 3.24. The van der Waals surface area contributed by atoms with Gasteiger partial charge in [-0.2, -0.15) is 0 Å². The smallest absolute Gasteiger partial charge is 0.202 e. The number of rotatable bonds is 3. The van der Waals surface area contributed by atoms with Gasteiger partial charge in [0.1, 0.15) is 0 Å². The van der Waals surface area contributed by atoms with Crippen LogP contribution in [0.1, 0.15) is 11.7 Å². The Hall–Kier alpha value is -2.85. The molecule has 0 radical (unpaired) electrons. The van der Waals surface area contributed by atoms with Crippen molar-refractivity contribution in [2.24, 2.45) is 7.05 Å². The standard InChI is InChI=1S/C20H19N3O/c1-22-17-11-4-5-12-18(17)23(20(22)21)13-19(24)16-10-6-8-14-7-2-3-9-15(14)16/h2-12,19,21,24H,13H2,1H3/t19-/m1/s1. The molecule has 0 amide bonds. The number of benzene rings is 3. The van der Waals surface area contributed by atoms with E-state index in [-0.39, 0.29) is 0 Å². The van der Waals surface area contributed by atoms with E-state index in [1.165, 1.54) is 0 Å². The van der Waals surface area contributed by atoms with Crippen molar-refractivity contribution < 1.29 is 5.11 Å². The first-order valence-electron chi connectivity index (χ1n) is 8.01. The maximum atomic E-state index is 10.9. The zero-order valence-corrected chi connectivity index (χ0v) is 13.5. The highest BCUT2D eigenvalue weighted by molar-refractivity contribution is 5.86. The van der Waals surface area contributed by atoms with E-state index >= 15 is 0 Å². The summed E-state index contributed by atoms with van der Waals surface area (Å²) in [4.78, 5) is 0. The Morgan fingerprint density at radius 3 is 2.42 bits per heavy atom. The highest BCUT2D eigenvalue weighted by atomic mass is 16.3. The maximum Gasteiger partial charge on any atom is 0.202 e. The summed E-state index contributed by atoms with van der Waals surface area (Å²) in [6.45, 7) is 0.355. The minimum absolute atomic E-state index is 0.355. The average Bonchev–Trinajstić information content (AvgIpc) is 2.86. The number of nitrogens with one attached hydrogen (secondary N) is 1. The summed E-state index contributed by atoms with van der Waals surface area (Å²) < 4.78 is 3.70. The van der Waals surface area contributed by atoms with E-state index < -0.39 is 6.10 Å². The summed E-state index contributed by atoms with van der Waals surface area (Å²) in [7, 11) is 1.88. The first-order chi connectivity index (χ1) is 11.7. The van der Waals surface area contributed by atoms with Gasteiger partial charge in [0.15, 0.2) is 0 Å². The second-order valence-electron chi connectivity index (χ2n) is 6.07. The van der Waals surface area contributed by atoms with Crippen LogP contribution in [-0.2, 0) is 13.6 Å². The van der Waals surface area contributed by atoms with E-state index in [9.17, 15) is 5.11 Å². The van der Waals surface area contributed by atoms with Crippen LogP contribution in [0.5, 0.6) is 0 Å². The molecule has 0 bridgehead atoms. The molecule has 2 N–H and O–H groups in total. The van der Waals surface area contributed by atoms with Gasteiger partial charge in [0.05, 0.1) is 23.7 Å². The third kappa shape index (κ3) is 2.23. The average molecular weight is 317 g/mol. The molecule has 3 aromatic carbocycles. The van der Waals surface area contributed by atoms with Gasteiger partial charge >= 0.3 is 0 Å². The fourth-order valence-corrected chi connectivity index (χ4v) is 3.38. The fourth-order valence-electron chi connectivity index (χ4n) is 3.38. The molecule has 0 aliphatic carbocycles. The number of hydrogen-bond donors (Lipinski definition) is 2. The SMILES string of the molecule is Cn1c(=N)n(C[C@@H](O)c2cccc3ccccc23)c2ccccc21. The molecule has 120 valence electrons. The van der Waals surface area contributed by atoms with Gasteiger partial charge in [-0.15, -0.1) is 0 Å². The molecule has 0 aliphatic rings. The second-order valence-corrected chi connectivity index (χ2v) is 6.07. The molecule has 1 atom stereocenters. The molecule has 0 spiro atoms. The monoisotopic (exact) mass is 317 g/mol. The van der Waals surface area contributed by atoms with Crippen LogP contribution in [0.15, 0.2) is 66.7 Å². The van der Waals surface area contributed by atoms with Crippen molar-refractivity contribution in [2.45, 2.75) is 12.6 Å². The molecule has 1 aromatic heterocycles. The van der Waals surface area contributed by atoms with E-state index in [2.05, 4.69) is 0 Å². The van der Waals surface area contributed by atoms with Crippen LogP contribution < -0.4 is 5.62 Å². The summed E-state index contributed by atoms with van der Waals surface area (Å²) in [6.07, 6.45) is -0.670. The van der Waals surface area contributed by atoms with Crippen LogP contribution in [-0.4, -0.2) is 14.2 Å². The number of aliphatic hydroxyl groups excluding tert-OH is 1. The third-order valence-corrected chi connectivity index (χ3v) is 4.65. The fraction of sp³-hybridized carbons (Fsp3) is 0.150. The largest absolute Gasteiger partial charge is 0.387 e. The predicted molar refractivity (Wildman–Crippen MR) is 95.7 cm³/mol. The lowest BCUT2D eigenvalue weighted by atomic mass is 10.0. The molecule has 4 nitrogen and oxygen atoms in total. The Bertz CT molecular complexity index is 1090. The van der Waals surface area contributed by atoms with Crippen molar-refractivity contribution in [1.29, 1.82) is 5.41 Å². The number of aryl methyl sites for hydroxylation is 1. The van der Waals surface area contributed by atoms with E-state index in [0.29, 0.717) is 12.2 Å². The minimum Gasteiger partial charge on any atom is -0.387 e. The Labute approximate surface area is 139 Å². The van der Waals surface area contributed by atoms with Crippen LogP contribution in [0, 0.1) is 5.41 Å². The van der Waals surface area contributed by atoms with Gasteiger partial charge in [0, 0.05) is 7.05 Å². The molecular formula is C20H19N3O. The van der Waals surface area contributed by atoms with E-state index in [0.717, 1.165) is 27.4 Å². The van der Waals surface area contributed by atoms with Gasteiger partial charge in [-0.25, -0.2) is 0 Å². The van der Waals surface area contributed by atoms with Gasteiger partial charge in [0.25, 0.3) is 0 Å². The molecule has 0 unspecified atom stereocenters. The van der Waals surface area contributed by atoms with Crippen LogP contribution in [0.4, 0.5) is 0 Å². The Kier molecular flexibility index (Phi) is 3.47. The van der Waals surface area contributed by atoms with Crippen LogP contribution in [0.2, 0.25) is 0 Å². The molecule has 0 saturated carbocycles. The van der Waals surface area contributed by atoms with Gasteiger partial charge in [-0.1, -0.05) is 54.6 Å². The van der Waals surface area contributed by atoms with Crippen molar-refractivity contribution in [3.8, 4) is 0 Å². The number of fused-ring (bicyclic) bond motifs is 2. The first kappa shape index (κ1) is 14.7. The number of hydrogen-bond acceptors (Lipinski definition) is 2. The zero-order chi connectivity index (χ0) is 16.7. The molecule has 0 fully saturated rings. The molecule has 0 aliphatic heterocycles. The van der Waals surface area contributed by atoms with Crippen molar-refractivity contribution in [3.63, 3.8) is 0 Å². The van der Waals surface area contributed by atoms with E-state index in [4.69, 9.17) is 5.41 Å². The summed E-state index contributed by atoms with van der Waals surface area (Å²) in [5, 5.41) is 21.4. The Balaban J connectivity index is 1.81. The van der Waals surface area contributed by atoms with Crippen LogP contribution in [0.3, 0.4) is 0 Å². The number of aromatic nitrogens is 2. The lowest BCUT2D eigenvalue weighted by Gasteiger charge is -2.15. The van der Waals surface area contributed by atoms with Crippen molar-refractivity contribution in [1.82, 2.24) is 9.13 Å². The zero-order valence-electron chi connectivity index (χ0n) is 13.5. The third-order valence-electron chi connectivity index (χ3n) is 4.65. The van der Waals surface area contributed by atoms with E-state index in [1.807, 2.05) is 82.9 Å². The molecular weight excluding hydrogens is 298 g/mol. The van der Waals surface area contributed by atoms with Gasteiger partial charge in [0.2, 0.25) is 5.62 Å². The summed E-state index contributed by atoms with van der Waals surface area (Å²) in [6, 6.07) is 22.0. The molecule has 0 saturated heterocycles. The molecule has 1 heterocycles. The van der Waals surface area contributed by atoms with Crippen molar-refractivity contribution in [2.75, 3.05) is 0 Å². The normalized spacial score (nSPS) is 12.8. The van der Waals surface area contributed by atoms with Crippen molar-refractivity contribution >= 4 is 21.8 Å². The molecule has 4 heteroatoms. The minimum atomic E-state index is -0.670. The van der Waals surface area contributed by atoms with Gasteiger partial charge in [-0.3, -0.25) is 5.41 Å². The molecule has 24 heavy (non-hydrogen) atoms. The number of para-hydroxylation sites is 2. The predicted octanol–water partition coefficient (Wildman–Crippen LogP) is 3.35. The first-order valence-corrected chi connectivity index (χ1v) is 8.01. The number of imidazole rings is 1. The molecule has 4 rings (SSSR count). The summed E-state index contributed by atoms with van der Waals surface area (Å²) in [5.74, 6) is 0. The van der Waals surface area contributed by atoms with Crippen LogP contribution in [0.25, 0.3) is 21.8 Å². The highest BCUT2D eigenvalue weighted by Gasteiger charge is 2.15. The number of nitrogens with zero attached hydrogens (tertiary/aromatic N) is 2. The Morgan fingerprint density at radius 2 is 1.58 bits per heavy atom. The Morgan fingerprint density at radius 1 is 0.917 bits per heavy atom. The second kappa shape index (κ2) is 5.65. The maximum absolute atomic E-state index is 10.9. The van der Waals surface area contributed by atoms with Gasteiger partial charge in [-0.05, 0) is 28.5 Å².